The fourth-order valence-corrected chi connectivity index (χ4v) is 4.77. The molecule has 30 heavy (non-hydrogen) atoms. The molecule has 8 nitrogen and oxygen atoms in total. The molecule has 0 aromatic heterocycles. The third-order valence-corrected chi connectivity index (χ3v) is 6.93. The van der Waals surface area contributed by atoms with E-state index in [9.17, 15) is 21.6 Å². The number of benzene rings is 2. The van der Waals surface area contributed by atoms with Crippen LogP contribution in [0.5, 0.6) is 5.75 Å². The third-order valence-electron chi connectivity index (χ3n) is 4.56. The van der Waals surface area contributed by atoms with Crippen LogP contribution in [0.15, 0.2) is 53.4 Å². The highest BCUT2D eigenvalue weighted by molar-refractivity contribution is 7.92. The minimum atomic E-state index is -3.76. The fraction of sp³-hybridized carbons (Fsp3) is 0.350. The average Bonchev–Trinajstić information content (AvgIpc) is 2.66. The van der Waals surface area contributed by atoms with E-state index in [1.54, 1.807) is 37.3 Å². The number of nitrogens with zero attached hydrogens (tertiary/aromatic N) is 1. The van der Waals surface area contributed by atoms with Gasteiger partial charge >= 0.3 is 0 Å². The van der Waals surface area contributed by atoms with E-state index in [1.165, 1.54) is 32.2 Å². The molecule has 0 spiro atoms. The quantitative estimate of drug-likeness (QED) is 0.654. The van der Waals surface area contributed by atoms with Crippen LogP contribution in [0, 0.1) is 0 Å². The van der Waals surface area contributed by atoms with Crippen molar-refractivity contribution in [3.05, 3.63) is 54.1 Å². The van der Waals surface area contributed by atoms with Crippen LogP contribution in [0.3, 0.4) is 0 Å². The summed E-state index contributed by atoms with van der Waals surface area (Å²) >= 11 is 0. The highest BCUT2D eigenvalue weighted by Gasteiger charge is 2.30. The summed E-state index contributed by atoms with van der Waals surface area (Å²) in [5.41, 5.74) is 1.000. The number of carbonyl (C=O) groups is 1. The lowest BCUT2D eigenvalue weighted by Crippen LogP contribution is -2.48. The van der Waals surface area contributed by atoms with Crippen molar-refractivity contribution >= 4 is 31.5 Å². The summed E-state index contributed by atoms with van der Waals surface area (Å²) in [5, 5.41) is 2.78. The van der Waals surface area contributed by atoms with Crippen LogP contribution in [-0.4, -0.2) is 48.4 Å². The third kappa shape index (κ3) is 5.73. The molecule has 0 radical (unpaired) electrons. The molecule has 0 saturated carbocycles. The predicted octanol–water partition coefficient (Wildman–Crippen LogP) is 2.13. The maximum absolute atomic E-state index is 12.8. The first-order valence-corrected chi connectivity index (χ1v) is 12.8. The van der Waals surface area contributed by atoms with Crippen LogP contribution in [0.2, 0.25) is 0 Å². The van der Waals surface area contributed by atoms with Crippen molar-refractivity contribution in [2.24, 2.45) is 0 Å². The summed E-state index contributed by atoms with van der Waals surface area (Å²) < 4.78 is 54.2. The van der Waals surface area contributed by atoms with Crippen molar-refractivity contribution in [3.63, 3.8) is 0 Å². The van der Waals surface area contributed by atoms with E-state index in [1.807, 2.05) is 0 Å². The molecule has 0 bridgehead atoms. The van der Waals surface area contributed by atoms with Crippen molar-refractivity contribution < 1.29 is 26.4 Å². The van der Waals surface area contributed by atoms with Crippen molar-refractivity contribution in [2.75, 3.05) is 23.9 Å². The molecular formula is C20H26N2O6S2. The summed E-state index contributed by atoms with van der Waals surface area (Å²) in [6.45, 7) is 3.23. The topological polar surface area (TPSA) is 110 Å². The number of carbonyl (C=O) groups excluding carboxylic acids is 1. The second-order valence-corrected chi connectivity index (χ2v) is 10.9. The number of nitrogens with one attached hydrogen (secondary N) is 1. The van der Waals surface area contributed by atoms with Gasteiger partial charge in [0.05, 0.1) is 30.0 Å². The Morgan fingerprint density at radius 1 is 1.00 bits per heavy atom. The number of anilines is 1. The highest BCUT2D eigenvalue weighted by Crippen LogP contribution is 2.26. The Morgan fingerprint density at radius 2 is 1.60 bits per heavy atom. The maximum atomic E-state index is 12.8. The number of hydrogen-bond donors (Lipinski definition) is 1. The minimum absolute atomic E-state index is 0.180. The lowest BCUT2D eigenvalue weighted by atomic mass is 10.1. The summed E-state index contributed by atoms with van der Waals surface area (Å²) in [4.78, 5) is 13.0. The van der Waals surface area contributed by atoms with Gasteiger partial charge in [-0.25, -0.2) is 16.8 Å². The van der Waals surface area contributed by atoms with Gasteiger partial charge in [-0.2, -0.15) is 0 Å². The standard InChI is InChI=1S/C20H26N2O6S2/c1-14(16-9-11-19(12-10-16)29(4,24)25)21-20(23)15(2)22(30(5,26)27)17-7-6-8-18(13-17)28-3/h6-15H,1-5H3,(H,21,23)/t14-,15-/m1/s1. The lowest BCUT2D eigenvalue weighted by Gasteiger charge is -2.29. The molecule has 10 heteroatoms. The van der Waals surface area contributed by atoms with Crippen molar-refractivity contribution in [3.8, 4) is 5.75 Å². The van der Waals surface area contributed by atoms with Crippen molar-refractivity contribution in [1.29, 1.82) is 0 Å². The average molecular weight is 455 g/mol. The number of ether oxygens (including phenoxy) is 1. The molecule has 1 amide bonds. The van der Waals surface area contributed by atoms with E-state index in [2.05, 4.69) is 5.32 Å². The number of amides is 1. The van der Waals surface area contributed by atoms with Gasteiger partial charge in [0, 0.05) is 12.3 Å². The van der Waals surface area contributed by atoms with Gasteiger partial charge in [0.1, 0.15) is 11.8 Å². The zero-order valence-corrected chi connectivity index (χ0v) is 19.1. The Hall–Kier alpha value is -2.59. The molecule has 0 aliphatic heterocycles. The Kier molecular flexibility index (Phi) is 7.14. The summed E-state index contributed by atoms with van der Waals surface area (Å²) in [5.74, 6) is -0.0315. The van der Waals surface area contributed by atoms with Crippen LogP contribution in [0.1, 0.15) is 25.5 Å². The van der Waals surface area contributed by atoms with Crippen LogP contribution in [0.25, 0.3) is 0 Å². The molecule has 0 saturated heterocycles. The van der Waals surface area contributed by atoms with Gasteiger partial charge in [-0.05, 0) is 43.7 Å². The van der Waals surface area contributed by atoms with E-state index in [0.29, 0.717) is 17.0 Å². The number of hydrogen-bond acceptors (Lipinski definition) is 6. The Labute approximate surface area is 177 Å². The van der Waals surface area contributed by atoms with E-state index in [-0.39, 0.29) is 4.90 Å². The van der Waals surface area contributed by atoms with Gasteiger partial charge in [-0.1, -0.05) is 18.2 Å². The molecular weight excluding hydrogens is 428 g/mol. The zero-order chi connectivity index (χ0) is 22.7. The van der Waals surface area contributed by atoms with Gasteiger partial charge in [-0.3, -0.25) is 9.10 Å². The first kappa shape index (κ1) is 23.7. The molecule has 0 aliphatic carbocycles. The number of rotatable bonds is 8. The predicted molar refractivity (Wildman–Crippen MR) is 116 cm³/mol. The normalized spacial score (nSPS) is 13.9. The molecule has 2 atom stereocenters. The molecule has 1 N–H and O–H groups in total. The van der Waals surface area contributed by atoms with E-state index >= 15 is 0 Å². The molecule has 2 aromatic rings. The second kappa shape index (κ2) is 9.05. The smallest absolute Gasteiger partial charge is 0.244 e. The SMILES string of the molecule is COc1cccc(N([C@H](C)C(=O)N[C@H](C)c2ccc(S(C)(=O)=O)cc2)S(C)(=O)=O)c1. The molecule has 2 rings (SSSR count). The number of methoxy groups -OCH3 is 1. The van der Waals surface area contributed by atoms with E-state index in [0.717, 1.165) is 16.8 Å². The van der Waals surface area contributed by atoms with E-state index in [4.69, 9.17) is 4.74 Å². The maximum Gasteiger partial charge on any atom is 0.244 e. The molecule has 2 aromatic carbocycles. The van der Waals surface area contributed by atoms with Gasteiger partial charge in [0.25, 0.3) is 0 Å². The lowest BCUT2D eigenvalue weighted by molar-refractivity contribution is -0.122. The summed E-state index contributed by atoms with van der Waals surface area (Å²) in [6, 6.07) is 11.1. The zero-order valence-electron chi connectivity index (χ0n) is 17.5. The van der Waals surface area contributed by atoms with Crippen LogP contribution in [-0.2, 0) is 24.7 Å². The summed E-state index contributed by atoms with van der Waals surface area (Å²) in [7, 11) is -5.61. The van der Waals surface area contributed by atoms with Crippen molar-refractivity contribution in [1.82, 2.24) is 5.32 Å². The minimum Gasteiger partial charge on any atom is -0.497 e. The molecule has 0 heterocycles. The van der Waals surface area contributed by atoms with Crippen molar-refractivity contribution in [2.45, 2.75) is 30.8 Å². The van der Waals surface area contributed by atoms with Gasteiger partial charge in [0.2, 0.25) is 15.9 Å². The second-order valence-electron chi connectivity index (χ2n) is 7.01. The molecule has 0 unspecified atom stereocenters. The Balaban J connectivity index is 2.24. The first-order chi connectivity index (χ1) is 13.8. The monoisotopic (exact) mass is 454 g/mol. The molecule has 0 aliphatic rings. The van der Waals surface area contributed by atoms with Gasteiger partial charge in [0.15, 0.2) is 9.84 Å². The fourth-order valence-electron chi connectivity index (χ4n) is 2.98. The number of sulfone groups is 1. The molecule has 164 valence electrons. The Bertz CT molecular complexity index is 1110. The van der Waals surface area contributed by atoms with Gasteiger partial charge < -0.3 is 10.1 Å². The Morgan fingerprint density at radius 3 is 2.10 bits per heavy atom. The van der Waals surface area contributed by atoms with Crippen LogP contribution >= 0.6 is 0 Å². The van der Waals surface area contributed by atoms with Crippen LogP contribution in [0.4, 0.5) is 5.69 Å². The van der Waals surface area contributed by atoms with Gasteiger partial charge in [-0.15, -0.1) is 0 Å². The summed E-state index contributed by atoms with van der Waals surface area (Å²) in [6.07, 6.45) is 2.15. The first-order valence-electron chi connectivity index (χ1n) is 9.08. The molecule has 0 fully saturated rings. The van der Waals surface area contributed by atoms with Crippen LogP contribution < -0.4 is 14.4 Å². The largest absolute Gasteiger partial charge is 0.497 e. The van der Waals surface area contributed by atoms with E-state index < -0.39 is 37.9 Å². The number of sulfonamides is 1. The highest BCUT2D eigenvalue weighted by atomic mass is 32.2.